The number of hydrogen-bond donors (Lipinski definition) is 1. The van der Waals surface area contributed by atoms with Gasteiger partial charge in [-0.1, -0.05) is 64.9 Å². The number of para-hydroxylation sites is 1. The van der Waals surface area contributed by atoms with Gasteiger partial charge in [0.2, 0.25) is 11.7 Å². The summed E-state index contributed by atoms with van der Waals surface area (Å²) in [5.41, 5.74) is 4.67. The van der Waals surface area contributed by atoms with Gasteiger partial charge in [0.05, 0.1) is 10.8 Å². The Bertz CT molecular complexity index is 1170. The molecule has 0 fully saturated rings. The molecule has 2 aromatic heterocycles. The molecule has 0 aliphatic rings. The highest BCUT2D eigenvalue weighted by Gasteiger charge is 2.12. The van der Waals surface area contributed by atoms with Crippen molar-refractivity contribution in [2.75, 3.05) is 11.1 Å². The number of nitrogens with one attached hydrogen (secondary N) is 1. The normalized spacial score (nSPS) is 10.7. The number of nitrogens with zero attached hydrogens (tertiary/aromatic N) is 3. The third-order valence-corrected chi connectivity index (χ3v) is 5.41. The number of pyridine rings is 1. The molecule has 0 aliphatic carbocycles. The Hall–Kier alpha value is -3.45. The number of benzene rings is 2. The number of aromatic nitrogens is 3. The molecule has 0 bridgehead atoms. The molecule has 1 amide bonds. The average Bonchev–Trinajstić information content (AvgIpc) is 3.25. The number of anilines is 1. The molecular formula is C23H20N4O2S. The van der Waals surface area contributed by atoms with Gasteiger partial charge in [0.1, 0.15) is 0 Å². The van der Waals surface area contributed by atoms with Gasteiger partial charge >= 0.3 is 0 Å². The van der Waals surface area contributed by atoms with Gasteiger partial charge in [0, 0.05) is 23.0 Å². The maximum absolute atomic E-state index is 12.3. The first-order chi connectivity index (χ1) is 14.6. The quantitative estimate of drug-likeness (QED) is 0.438. The van der Waals surface area contributed by atoms with Crippen LogP contribution in [0.3, 0.4) is 0 Å². The largest absolute Gasteiger partial charge is 0.334 e. The number of rotatable bonds is 6. The maximum Gasteiger partial charge on any atom is 0.258 e. The molecule has 4 rings (SSSR count). The molecule has 0 saturated carbocycles. The summed E-state index contributed by atoms with van der Waals surface area (Å²) in [7, 11) is 0. The van der Waals surface area contributed by atoms with Crippen LogP contribution in [0, 0.1) is 13.8 Å². The second-order valence-corrected chi connectivity index (χ2v) is 7.82. The fourth-order valence-electron chi connectivity index (χ4n) is 2.82. The van der Waals surface area contributed by atoms with E-state index in [1.54, 1.807) is 6.20 Å². The second kappa shape index (κ2) is 8.92. The predicted molar refractivity (Wildman–Crippen MR) is 118 cm³/mol. The lowest BCUT2D eigenvalue weighted by molar-refractivity contribution is -0.113. The minimum Gasteiger partial charge on any atom is -0.334 e. The number of hydrogen-bond acceptors (Lipinski definition) is 6. The van der Waals surface area contributed by atoms with Crippen LogP contribution >= 0.6 is 11.8 Å². The van der Waals surface area contributed by atoms with Gasteiger partial charge in [0.25, 0.3) is 5.89 Å². The zero-order valence-corrected chi connectivity index (χ0v) is 17.4. The van der Waals surface area contributed by atoms with Gasteiger partial charge in [-0.05, 0) is 37.6 Å². The van der Waals surface area contributed by atoms with Gasteiger partial charge in [-0.25, -0.2) is 4.98 Å². The smallest absolute Gasteiger partial charge is 0.258 e. The molecule has 0 spiro atoms. The van der Waals surface area contributed by atoms with Gasteiger partial charge in [-0.15, -0.1) is 0 Å². The number of aryl methyl sites for hydroxylation is 2. The van der Waals surface area contributed by atoms with E-state index in [0.717, 1.165) is 22.4 Å². The Labute approximate surface area is 178 Å². The summed E-state index contributed by atoms with van der Waals surface area (Å²) < 4.78 is 5.43. The average molecular weight is 417 g/mol. The summed E-state index contributed by atoms with van der Waals surface area (Å²) in [6.45, 7) is 3.99. The van der Waals surface area contributed by atoms with Crippen molar-refractivity contribution in [1.82, 2.24) is 15.1 Å². The molecule has 6 nitrogen and oxygen atoms in total. The third kappa shape index (κ3) is 4.75. The molecule has 0 saturated heterocycles. The number of carbonyl (C=O) groups excluding carboxylic acids is 1. The molecule has 0 atom stereocenters. The van der Waals surface area contributed by atoms with Crippen LogP contribution < -0.4 is 5.32 Å². The Morgan fingerprint density at radius 3 is 2.63 bits per heavy atom. The van der Waals surface area contributed by atoms with Crippen LogP contribution in [0.25, 0.3) is 22.8 Å². The van der Waals surface area contributed by atoms with Crippen LogP contribution in [0.15, 0.2) is 76.4 Å². The number of carbonyl (C=O) groups is 1. The van der Waals surface area contributed by atoms with Gasteiger partial charge < -0.3 is 9.84 Å². The molecular weight excluding hydrogens is 396 g/mol. The first kappa shape index (κ1) is 19.8. The van der Waals surface area contributed by atoms with Crippen molar-refractivity contribution in [3.63, 3.8) is 0 Å². The van der Waals surface area contributed by atoms with E-state index in [4.69, 9.17) is 4.52 Å². The highest BCUT2D eigenvalue weighted by atomic mass is 32.2. The molecule has 4 aromatic rings. The molecule has 150 valence electrons. The van der Waals surface area contributed by atoms with Crippen molar-refractivity contribution in [2.45, 2.75) is 18.9 Å². The monoisotopic (exact) mass is 416 g/mol. The van der Waals surface area contributed by atoms with Gasteiger partial charge in [-0.2, -0.15) is 4.98 Å². The van der Waals surface area contributed by atoms with E-state index >= 15 is 0 Å². The van der Waals surface area contributed by atoms with Crippen molar-refractivity contribution in [2.24, 2.45) is 0 Å². The number of amides is 1. The van der Waals surface area contributed by atoms with Crippen molar-refractivity contribution >= 4 is 23.4 Å². The molecule has 1 N–H and O–H groups in total. The lowest BCUT2D eigenvalue weighted by Gasteiger charge is -2.07. The maximum atomic E-state index is 12.3. The van der Waals surface area contributed by atoms with E-state index in [0.29, 0.717) is 16.7 Å². The minimum absolute atomic E-state index is 0.0825. The van der Waals surface area contributed by atoms with E-state index in [-0.39, 0.29) is 11.7 Å². The zero-order chi connectivity index (χ0) is 20.9. The SMILES string of the molecule is Cc1ccc(-c2noc(-c3ccnc(SCC(=O)Nc4ccccc4C)c3)n2)cc1. The van der Waals surface area contributed by atoms with E-state index < -0.39 is 0 Å². The first-order valence-electron chi connectivity index (χ1n) is 9.44. The Balaban J connectivity index is 1.42. The molecule has 0 aliphatic heterocycles. The summed E-state index contributed by atoms with van der Waals surface area (Å²) in [5.74, 6) is 1.12. The Morgan fingerprint density at radius 2 is 1.83 bits per heavy atom. The lowest BCUT2D eigenvalue weighted by atomic mass is 10.1. The standard InChI is InChI=1S/C23H20N4O2S/c1-15-7-9-17(10-8-15)22-26-23(29-27-22)18-11-12-24-21(13-18)30-14-20(28)25-19-6-4-3-5-16(19)2/h3-13H,14H2,1-2H3,(H,25,28). The fourth-order valence-corrected chi connectivity index (χ4v) is 3.52. The molecule has 0 unspecified atom stereocenters. The molecule has 7 heteroatoms. The van der Waals surface area contributed by atoms with Crippen molar-refractivity contribution in [3.8, 4) is 22.8 Å². The first-order valence-corrected chi connectivity index (χ1v) is 10.4. The second-order valence-electron chi connectivity index (χ2n) is 6.82. The fraction of sp³-hybridized carbons (Fsp3) is 0.130. The molecule has 30 heavy (non-hydrogen) atoms. The summed E-state index contributed by atoms with van der Waals surface area (Å²) in [6, 6.07) is 19.3. The van der Waals surface area contributed by atoms with Crippen molar-refractivity contribution < 1.29 is 9.32 Å². The third-order valence-electron chi connectivity index (χ3n) is 4.49. The van der Waals surface area contributed by atoms with Crippen molar-refractivity contribution in [3.05, 3.63) is 78.0 Å². The summed E-state index contributed by atoms with van der Waals surface area (Å²) >= 11 is 1.35. The van der Waals surface area contributed by atoms with Crippen LogP contribution in [0.4, 0.5) is 5.69 Å². The zero-order valence-electron chi connectivity index (χ0n) is 16.6. The van der Waals surface area contributed by atoms with Crippen LogP contribution in [0.2, 0.25) is 0 Å². The minimum atomic E-state index is -0.0825. The van der Waals surface area contributed by atoms with Crippen LogP contribution in [-0.2, 0) is 4.79 Å². The van der Waals surface area contributed by atoms with E-state index in [9.17, 15) is 4.79 Å². The molecule has 2 heterocycles. The summed E-state index contributed by atoms with van der Waals surface area (Å²) in [6.07, 6.45) is 1.67. The van der Waals surface area contributed by atoms with Gasteiger partial charge in [-0.3, -0.25) is 4.79 Å². The van der Waals surface area contributed by atoms with E-state index in [1.807, 2.05) is 74.5 Å². The molecule has 2 aromatic carbocycles. The Morgan fingerprint density at radius 1 is 1.03 bits per heavy atom. The highest BCUT2D eigenvalue weighted by Crippen LogP contribution is 2.25. The lowest BCUT2D eigenvalue weighted by Crippen LogP contribution is -2.14. The van der Waals surface area contributed by atoms with E-state index in [1.165, 1.54) is 17.3 Å². The van der Waals surface area contributed by atoms with Crippen LogP contribution in [0.1, 0.15) is 11.1 Å². The topological polar surface area (TPSA) is 80.9 Å². The molecule has 0 radical (unpaired) electrons. The summed E-state index contributed by atoms with van der Waals surface area (Å²) in [5, 5.41) is 7.71. The number of thioether (sulfide) groups is 1. The predicted octanol–water partition coefficient (Wildman–Crippen LogP) is 5.15. The summed E-state index contributed by atoms with van der Waals surface area (Å²) in [4.78, 5) is 21.1. The van der Waals surface area contributed by atoms with E-state index in [2.05, 4.69) is 20.4 Å². The van der Waals surface area contributed by atoms with Gasteiger partial charge in [0.15, 0.2) is 0 Å². The van der Waals surface area contributed by atoms with Crippen molar-refractivity contribution in [1.29, 1.82) is 0 Å². The van der Waals surface area contributed by atoms with Crippen LogP contribution in [0.5, 0.6) is 0 Å². The van der Waals surface area contributed by atoms with Crippen LogP contribution in [-0.4, -0.2) is 26.8 Å². The Kier molecular flexibility index (Phi) is 5.90. The highest BCUT2D eigenvalue weighted by molar-refractivity contribution is 7.99.